The lowest BCUT2D eigenvalue weighted by atomic mass is 9.92. The molecule has 0 spiro atoms. The van der Waals surface area contributed by atoms with Gasteiger partial charge in [-0.05, 0) is 66.5 Å². The molecule has 1 fully saturated rings. The highest BCUT2D eigenvalue weighted by molar-refractivity contribution is 7.99. The molecule has 2 aliphatic heterocycles. The molecule has 5 rings (SSSR count). The fourth-order valence-corrected chi connectivity index (χ4v) is 6.08. The van der Waals surface area contributed by atoms with Crippen molar-refractivity contribution in [2.24, 2.45) is 5.73 Å². The summed E-state index contributed by atoms with van der Waals surface area (Å²) in [7, 11) is 0. The number of pyridine rings is 1. The molecule has 0 bridgehead atoms. The molecule has 34 heavy (non-hydrogen) atoms. The monoisotopic (exact) mass is 472 g/mol. The minimum atomic E-state index is -0.294. The first kappa shape index (κ1) is 22.6. The van der Waals surface area contributed by atoms with Gasteiger partial charge in [-0.3, -0.25) is 14.6 Å². The number of likely N-dealkylation sites (tertiary alicyclic amines) is 1. The molecule has 0 saturated carbocycles. The predicted molar refractivity (Wildman–Crippen MR) is 135 cm³/mol. The normalized spacial score (nSPS) is 20.4. The highest BCUT2D eigenvalue weighted by atomic mass is 32.2. The SMILES string of the molecule is NC(c1ccc(C(=O)Nc2ccncc2)cc1)C1CCCN1C(=O)C1CCSc2ccccc21. The van der Waals surface area contributed by atoms with E-state index in [2.05, 4.69) is 22.4 Å². The summed E-state index contributed by atoms with van der Waals surface area (Å²) in [5, 5.41) is 2.86. The second-order valence-electron chi connectivity index (χ2n) is 8.81. The Balaban J connectivity index is 1.29. The molecule has 2 amide bonds. The van der Waals surface area contributed by atoms with Crippen molar-refractivity contribution in [1.82, 2.24) is 9.88 Å². The standard InChI is InChI=1S/C27H28N4O2S/c28-25(18-7-9-19(10-8-18)26(32)30-20-11-14-29-15-12-20)23-5-3-16-31(23)27(33)22-13-17-34-24-6-2-1-4-21(22)24/h1-2,4,6-12,14-15,22-23,25H,3,5,13,16-17,28H2,(H,29,30,32). The molecule has 3 N–H and O–H groups in total. The van der Waals surface area contributed by atoms with E-state index in [4.69, 9.17) is 5.73 Å². The lowest BCUT2D eigenvalue weighted by molar-refractivity contribution is -0.134. The van der Waals surface area contributed by atoms with E-state index in [0.717, 1.165) is 42.7 Å². The van der Waals surface area contributed by atoms with Crippen LogP contribution in [-0.4, -0.2) is 40.0 Å². The molecule has 0 radical (unpaired) electrons. The van der Waals surface area contributed by atoms with Crippen LogP contribution in [0.25, 0.3) is 0 Å². The van der Waals surface area contributed by atoms with Crippen LogP contribution in [0, 0.1) is 0 Å². The van der Waals surface area contributed by atoms with Crippen molar-refractivity contribution in [2.75, 3.05) is 17.6 Å². The summed E-state index contributed by atoms with van der Waals surface area (Å²) in [5.41, 5.74) is 10.0. The number of rotatable bonds is 5. The number of carbonyl (C=O) groups excluding carboxylic acids is 2. The van der Waals surface area contributed by atoms with Gasteiger partial charge in [0.2, 0.25) is 5.91 Å². The summed E-state index contributed by atoms with van der Waals surface area (Å²) in [6.07, 6.45) is 5.98. The largest absolute Gasteiger partial charge is 0.337 e. The van der Waals surface area contributed by atoms with Gasteiger partial charge in [0.05, 0.1) is 18.0 Å². The molecule has 6 nitrogen and oxygen atoms in total. The number of anilines is 1. The zero-order chi connectivity index (χ0) is 23.5. The first-order chi connectivity index (χ1) is 16.6. The molecular weight excluding hydrogens is 444 g/mol. The van der Waals surface area contributed by atoms with Crippen molar-refractivity contribution in [2.45, 2.75) is 42.2 Å². The Kier molecular flexibility index (Phi) is 6.65. The van der Waals surface area contributed by atoms with Gasteiger partial charge in [0.15, 0.2) is 0 Å². The summed E-state index contributed by atoms with van der Waals surface area (Å²) < 4.78 is 0. The second-order valence-corrected chi connectivity index (χ2v) is 9.94. The molecule has 0 aliphatic carbocycles. The summed E-state index contributed by atoms with van der Waals surface area (Å²) in [6.45, 7) is 0.745. The van der Waals surface area contributed by atoms with E-state index in [9.17, 15) is 9.59 Å². The van der Waals surface area contributed by atoms with Gasteiger partial charge in [-0.2, -0.15) is 0 Å². The van der Waals surface area contributed by atoms with Crippen molar-refractivity contribution in [3.05, 3.63) is 89.7 Å². The Labute approximate surface area is 203 Å². The van der Waals surface area contributed by atoms with Crippen molar-refractivity contribution in [1.29, 1.82) is 0 Å². The first-order valence-corrected chi connectivity index (χ1v) is 12.7. The van der Waals surface area contributed by atoms with Crippen LogP contribution >= 0.6 is 11.8 Å². The maximum Gasteiger partial charge on any atom is 0.255 e. The third kappa shape index (κ3) is 4.58. The molecule has 1 saturated heterocycles. The van der Waals surface area contributed by atoms with Gasteiger partial charge in [0.1, 0.15) is 0 Å². The fourth-order valence-electron chi connectivity index (χ4n) is 4.96. The molecule has 3 atom stereocenters. The summed E-state index contributed by atoms with van der Waals surface area (Å²) >= 11 is 1.83. The molecular formula is C27H28N4O2S. The van der Waals surface area contributed by atoms with Gasteiger partial charge in [-0.25, -0.2) is 0 Å². The molecule has 7 heteroatoms. The van der Waals surface area contributed by atoms with E-state index >= 15 is 0 Å². The number of amides is 2. The fraction of sp³-hybridized carbons (Fsp3) is 0.296. The third-order valence-electron chi connectivity index (χ3n) is 6.75. The molecule has 3 unspecified atom stereocenters. The smallest absolute Gasteiger partial charge is 0.255 e. The maximum absolute atomic E-state index is 13.6. The quantitative estimate of drug-likeness (QED) is 0.566. The summed E-state index contributed by atoms with van der Waals surface area (Å²) in [4.78, 5) is 33.4. The lowest BCUT2D eigenvalue weighted by Crippen LogP contribution is -2.44. The molecule has 3 aromatic rings. The van der Waals surface area contributed by atoms with Crippen LogP contribution < -0.4 is 11.1 Å². The zero-order valence-corrected chi connectivity index (χ0v) is 19.7. The second kappa shape index (κ2) is 9.99. The van der Waals surface area contributed by atoms with E-state index in [1.165, 1.54) is 4.90 Å². The van der Waals surface area contributed by atoms with Crippen LogP contribution in [0.2, 0.25) is 0 Å². The lowest BCUT2D eigenvalue weighted by Gasteiger charge is -2.34. The van der Waals surface area contributed by atoms with Crippen molar-refractivity contribution >= 4 is 29.3 Å². The average molecular weight is 473 g/mol. The van der Waals surface area contributed by atoms with Crippen molar-refractivity contribution in [3.8, 4) is 0 Å². The van der Waals surface area contributed by atoms with Crippen molar-refractivity contribution in [3.63, 3.8) is 0 Å². The van der Waals surface area contributed by atoms with Crippen LogP contribution in [0.4, 0.5) is 5.69 Å². The number of hydrogen-bond acceptors (Lipinski definition) is 5. The molecule has 1 aromatic heterocycles. The van der Waals surface area contributed by atoms with E-state index in [1.54, 1.807) is 36.7 Å². The molecule has 2 aliphatic rings. The topological polar surface area (TPSA) is 88.3 Å². The summed E-state index contributed by atoms with van der Waals surface area (Å²) in [5.74, 6) is 0.877. The Morgan fingerprint density at radius 3 is 2.59 bits per heavy atom. The third-order valence-corrected chi connectivity index (χ3v) is 7.87. The van der Waals surface area contributed by atoms with Gasteiger partial charge in [0.25, 0.3) is 5.91 Å². The van der Waals surface area contributed by atoms with Crippen molar-refractivity contribution < 1.29 is 9.59 Å². The first-order valence-electron chi connectivity index (χ1n) is 11.7. The number of nitrogens with one attached hydrogen (secondary N) is 1. The van der Waals surface area contributed by atoms with E-state index in [-0.39, 0.29) is 29.8 Å². The van der Waals surface area contributed by atoms with Gasteiger partial charge in [0, 0.05) is 35.1 Å². The Morgan fingerprint density at radius 2 is 1.79 bits per heavy atom. The molecule has 2 aromatic carbocycles. The number of fused-ring (bicyclic) bond motifs is 1. The number of nitrogens with zero attached hydrogens (tertiary/aromatic N) is 2. The Hall–Kier alpha value is -3.16. The summed E-state index contributed by atoms with van der Waals surface area (Å²) in [6, 6.07) is 18.8. The van der Waals surface area contributed by atoms with Crippen LogP contribution in [0.5, 0.6) is 0 Å². The number of hydrogen-bond donors (Lipinski definition) is 2. The predicted octanol–water partition coefficient (Wildman–Crippen LogP) is 4.60. The Morgan fingerprint density at radius 1 is 1.03 bits per heavy atom. The van der Waals surface area contributed by atoms with Crippen LogP contribution in [0.3, 0.4) is 0 Å². The minimum absolute atomic E-state index is 0.0364. The number of aromatic nitrogens is 1. The Bertz CT molecular complexity index is 1170. The number of nitrogens with two attached hydrogens (primary N) is 1. The van der Waals surface area contributed by atoms with Gasteiger partial charge in [-0.15, -0.1) is 11.8 Å². The minimum Gasteiger partial charge on any atom is -0.337 e. The van der Waals surface area contributed by atoms with Crippen LogP contribution in [0.15, 0.2) is 78.0 Å². The zero-order valence-electron chi connectivity index (χ0n) is 18.9. The van der Waals surface area contributed by atoms with E-state index < -0.39 is 0 Å². The highest BCUT2D eigenvalue weighted by Gasteiger charge is 2.38. The van der Waals surface area contributed by atoms with Crippen LogP contribution in [-0.2, 0) is 4.79 Å². The molecule has 174 valence electrons. The highest BCUT2D eigenvalue weighted by Crippen LogP contribution is 2.40. The van der Waals surface area contributed by atoms with E-state index in [1.807, 2.05) is 40.9 Å². The number of benzene rings is 2. The van der Waals surface area contributed by atoms with Gasteiger partial charge < -0.3 is 16.0 Å². The van der Waals surface area contributed by atoms with Crippen LogP contribution in [0.1, 0.15) is 52.7 Å². The van der Waals surface area contributed by atoms with Gasteiger partial charge >= 0.3 is 0 Å². The van der Waals surface area contributed by atoms with Gasteiger partial charge in [-0.1, -0.05) is 30.3 Å². The number of carbonyl (C=O) groups is 2. The van der Waals surface area contributed by atoms with E-state index in [0.29, 0.717) is 11.3 Å². The maximum atomic E-state index is 13.6. The number of thioether (sulfide) groups is 1. The molecule has 3 heterocycles. The average Bonchev–Trinajstić information content (AvgIpc) is 3.38.